The fourth-order valence-electron chi connectivity index (χ4n) is 5.59. The standard InChI is InChI=1S/C27H31Cl4N5O2/c1-35-25(22(30)14-33-35)19-13-24(38-26(19)31)27(37)34-23-15-32-17(7-10-36-8-3-2-4-9-36)12-18(23)16-5-6-20(28)21(29)11-16/h5-6,11,13-14,17-18,23,32H,2-4,7-10,12,15H2,1H3,(H,34,37)/t17?,18-,23+/m0/s1. The summed E-state index contributed by atoms with van der Waals surface area (Å²) in [5.74, 6) is -0.180. The number of hydrogen-bond acceptors (Lipinski definition) is 5. The minimum atomic E-state index is -0.347. The van der Waals surface area contributed by atoms with Gasteiger partial charge in [-0.05, 0) is 74.6 Å². The number of nitrogens with one attached hydrogen (secondary N) is 2. The number of aryl methyl sites for hydroxylation is 1. The lowest BCUT2D eigenvalue weighted by Crippen LogP contribution is -2.54. The van der Waals surface area contributed by atoms with Crippen LogP contribution in [0.3, 0.4) is 0 Å². The molecule has 0 radical (unpaired) electrons. The summed E-state index contributed by atoms with van der Waals surface area (Å²) < 4.78 is 7.24. The Hall–Kier alpha value is -1.74. The quantitative estimate of drug-likeness (QED) is 0.328. The van der Waals surface area contributed by atoms with Gasteiger partial charge in [0.05, 0.1) is 32.5 Å². The second-order valence-electron chi connectivity index (χ2n) is 10.2. The fraction of sp³-hybridized carbons (Fsp3) is 0.481. The van der Waals surface area contributed by atoms with Crippen LogP contribution in [0.5, 0.6) is 0 Å². The first-order valence-electron chi connectivity index (χ1n) is 13.0. The Morgan fingerprint density at radius 3 is 2.61 bits per heavy atom. The summed E-state index contributed by atoms with van der Waals surface area (Å²) in [4.78, 5) is 15.9. The van der Waals surface area contributed by atoms with Gasteiger partial charge in [-0.25, -0.2) is 0 Å². The van der Waals surface area contributed by atoms with Crippen molar-refractivity contribution in [3.05, 3.63) is 62.1 Å². The molecule has 4 heterocycles. The predicted octanol–water partition coefficient (Wildman–Crippen LogP) is 6.41. The largest absolute Gasteiger partial charge is 0.439 e. The van der Waals surface area contributed by atoms with E-state index in [9.17, 15) is 4.79 Å². The highest BCUT2D eigenvalue weighted by Crippen LogP contribution is 2.36. The van der Waals surface area contributed by atoms with Crippen molar-refractivity contribution in [1.82, 2.24) is 25.3 Å². The van der Waals surface area contributed by atoms with Crippen LogP contribution in [-0.2, 0) is 7.05 Å². The average Bonchev–Trinajstić information content (AvgIpc) is 3.46. The topological polar surface area (TPSA) is 75.3 Å². The molecule has 204 valence electrons. The van der Waals surface area contributed by atoms with Gasteiger partial charge >= 0.3 is 0 Å². The van der Waals surface area contributed by atoms with Gasteiger partial charge in [-0.1, -0.05) is 47.3 Å². The number of halogens is 4. The highest BCUT2D eigenvalue weighted by molar-refractivity contribution is 6.42. The van der Waals surface area contributed by atoms with Crippen LogP contribution in [0.15, 0.2) is 34.9 Å². The molecule has 7 nitrogen and oxygen atoms in total. The van der Waals surface area contributed by atoms with E-state index in [0.29, 0.717) is 38.9 Å². The molecule has 3 atom stereocenters. The summed E-state index contributed by atoms with van der Waals surface area (Å²) in [6, 6.07) is 7.48. The van der Waals surface area contributed by atoms with E-state index < -0.39 is 0 Å². The van der Waals surface area contributed by atoms with Crippen molar-refractivity contribution >= 4 is 52.3 Å². The Labute approximate surface area is 242 Å². The molecule has 2 saturated heterocycles. The van der Waals surface area contributed by atoms with Crippen molar-refractivity contribution in [2.75, 3.05) is 26.2 Å². The first-order chi connectivity index (χ1) is 18.3. The van der Waals surface area contributed by atoms with E-state index in [-0.39, 0.29) is 28.8 Å². The maximum absolute atomic E-state index is 13.3. The van der Waals surface area contributed by atoms with E-state index in [2.05, 4.69) is 20.6 Å². The predicted molar refractivity (Wildman–Crippen MR) is 153 cm³/mol. The lowest BCUT2D eigenvalue weighted by atomic mass is 9.81. The molecule has 3 aromatic rings. The lowest BCUT2D eigenvalue weighted by molar-refractivity contribution is 0.0889. The van der Waals surface area contributed by atoms with Crippen LogP contribution in [-0.4, -0.2) is 58.9 Å². The molecule has 2 aliphatic rings. The molecule has 0 aliphatic carbocycles. The molecular formula is C27H31Cl4N5O2. The highest BCUT2D eigenvalue weighted by atomic mass is 35.5. The zero-order valence-electron chi connectivity index (χ0n) is 21.2. The van der Waals surface area contributed by atoms with Crippen LogP contribution in [0.4, 0.5) is 0 Å². The van der Waals surface area contributed by atoms with Gasteiger partial charge in [-0.15, -0.1) is 0 Å². The average molecular weight is 599 g/mol. The summed E-state index contributed by atoms with van der Waals surface area (Å²) in [5, 5.41) is 12.5. The number of nitrogens with zero attached hydrogens (tertiary/aromatic N) is 3. The smallest absolute Gasteiger partial charge is 0.287 e. The molecule has 1 unspecified atom stereocenters. The summed E-state index contributed by atoms with van der Waals surface area (Å²) in [5.41, 5.74) is 2.15. The number of aromatic nitrogens is 2. The van der Waals surface area contributed by atoms with Gasteiger partial charge in [-0.3, -0.25) is 9.48 Å². The van der Waals surface area contributed by atoms with Crippen LogP contribution < -0.4 is 10.6 Å². The number of rotatable bonds is 7. The Balaban J connectivity index is 1.32. The van der Waals surface area contributed by atoms with Gasteiger partial charge < -0.3 is 20.0 Å². The Bertz CT molecular complexity index is 1270. The number of piperidine rings is 2. The molecular weight excluding hydrogens is 568 g/mol. The molecule has 0 saturated carbocycles. The molecule has 2 fully saturated rings. The molecule has 0 bridgehead atoms. The monoisotopic (exact) mass is 597 g/mol. The SMILES string of the molecule is Cn1ncc(Cl)c1-c1cc(C(=O)N[C@@H]2CNC(CCN3CCCCC3)C[C@H]2c2ccc(Cl)c(Cl)c2)oc1Cl. The molecule has 5 rings (SSSR count). The summed E-state index contributed by atoms with van der Waals surface area (Å²) in [7, 11) is 1.75. The van der Waals surface area contributed by atoms with Gasteiger partial charge in [0.2, 0.25) is 5.22 Å². The van der Waals surface area contributed by atoms with Crippen LogP contribution in [0, 0.1) is 0 Å². The van der Waals surface area contributed by atoms with Crippen molar-refractivity contribution in [3.8, 4) is 11.3 Å². The van der Waals surface area contributed by atoms with Gasteiger partial charge in [0.1, 0.15) is 0 Å². The van der Waals surface area contributed by atoms with E-state index in [4.69, 9.17) is 50.8 Å². The van der Waals surface area contributed by atoms with Gasteiger partial charge in [0, 0.05) is 37.7 Å². The maximum atomic E-state index is 13.3. The zero-order valence-corrected chi connectivity index (χ0v) is 24.2. The van der Waals surface area contributed by atoms with Crippen LogP contribution >= 0.6 is 46.4 Å². The van der Waals surface area contributed by atoms with Gasteiger partial charge in [-0.2, -0.15) is 5.10 Å². The first kappa shape index (κ1) is 27.8. The van der Waals surface area contributed by atoms with Crippen molar-refractivity contribution in [2.45, 2.75) is 50.1 Å². The number of furan rings is 1. The normalized spacial score (nSPS) is 22.5. The molecule has 11 heteroatoms. The third kappa shape index (κ3) is 6.19. The van der Waals surface area contributed by atoms with E-state index in [1.165, 1.54) is 38.5 Å². The number of amides is 1. The molecule has 2 aliphatic heterocycles. The van der Waals surface area contributed by atoms with Gasteiger partial charge in [0.25, 0.3) is 5.91 Å². The minimum Gasteiger partial charge on any atom is -0.439 e. The maximum Gasteiger partial charge on any atom is 0.287 e. The number of carbonyl (C=O) groups excluding carboxylic acids is 1. The molecule has 2 aromatic heterocycles. The summed E-state index contributed by atoms with van der Waals surface area (Å²) in [6.45, 7) is 4.06. The Morgan fingerprint density at radius 2 is 1.89 bits per heavy atom. The van der Waals surface area contributed by atoms with Crippen LogP contribution in [0.1, 0.15) is 54.1 Å². The van der Waals surface area contributed by atoms with Crippen molar-refractivity contribution in [3.63, 3.8) is 0 Å². The van der Waals surface area contributed by atoms with E-state index >= 15 is 0 Å². The van der Waals surface area contributed by atoms with Gasteiger partial charge in [0.15, 0.2) is 5.76 Å². The van der Waals surface area contributed by atoms with Crippen molar-refractivity contribution in [1.29, 1.82) is 0 Å². The molecule has 0 spiro atoms. The van der Waals surface area contributed by atoms with Crippen molar-refractivity contribution in [2.24, 2.45) is 7.05 Å². The molecule has 38 heavy (non-hydrogen) atoms. The first-order valence-corrected chi connectivity index (χ1v) is 14.5. The molecule has 1 aromatic carbocycles. The second-order valence-corrected chi connectivity index (χ2v) is 11.7. The second kappa shape index (κ2) is 12.2. The molecule has 2 N–H and O–H groups in total. The highest BCUT2D eigenvalue weighted by Gasteiger charge is 2.34. The number of likely N-dealkylation sites (tertiary alicyclic amines) is 1. The van der Waals surface area contributed by atoms with Crippen molar-refractivity contribution < 1.29 is 9.21 Å². The van der Waals surface area contributed by atoms with Crippen LogP contribution in [0.2, 0.25) is 20.3 Å². The van der Waals surface area contributed by atoms with E-state index in [1.807, 2.05) is 18.2 Å². The van der Waals surface area contributed by atoms with Crippen LogP contribution in [0.25, 0.3) is 11.3 Å². The lowest BCUT2D eigenvalue weighted by Gasteiger charge is -2.39. The van der Waals surface area contributed by atoms with E-state index in [1.54, 1.807) is 17.8 Å². The fourth-order valence-corrected chi connectivity index (χ4v) is 6.39. The number of hydrogen-bond donors (Lipinski definition) is 2. The third-order valence-corrected chi connectivity index (χ3v) is 8.94. The number of carbonyl (C=O) groups is 1. The summed E-state index contributed by atoms with van der Waals surface area (Å²) >= 11 is 25.2. The zero-order chi connectivity index (χ0) is 26.8. The Kier molecular flexibility index (Phi) is 8.92. The Morgan fingerprint density at radius 1 is 1.11 bits per heavy atom. The minimum absolute atomic E-state index is 0.0535. The third-order valence-electron chi connectivity index (χ3n) is 7.64. The molecule has 1 amide bonds. The van der Waals surface area contributed by atoms with E-state index in [0.717, 1.165) is 24.9 Å². The summed E-state index contributed by atoms with van der Waals surface area (Å²) in [6.07, 6.45) is 7.34. The number of benzene rings is 1.